The monoisotopic (exact) mass is 253 g/mol. The largest absolute Gasteiger partial charge is 0.433 e. The lowest BCUT2D eigenvalue weighted by Crippen LogP contribution is -2.07. The summed E-state index contributed by atoms with van der Waals surface area (Å²) >= 11 is 0. The quantitative estimate of drug-likeness (QED) is 0.818. The Morgan fingerprint density at radius 1 is 1.31 bits per heavy atom. The Morgan fingerprint density at radius 2 is 1.94 bits per heavy atom. The van der Waals surface area contributed by atoms with Gasteiger partial charge in [-0.1, -0.05) is 6.07 Å². The zero-order chi connectivity index (χ0) is 12.4. The van der Waals surface area contributed by atoms with E-state index >= 15 is 0 Å². The zero-order valence-corrected chi connectivity index (χ0v) is 8.46. The van der Waals surface area contributed by atoms with Crippen molar-refractivity contribution >= 4 is 16.2 Å². The molecule has 0 amide bonds. The normalized spacial score (nSPS) is 13.2. The van der Waals surface area contributed by atoms with Crippen LogP contribution in [0.3, 0.4) is 0 Å². The van der Waals surface area contributed by atoms with Crippen LogP contribution in [0.5, 0.6) is 0 Å². The third-order valence-electron chi connectivity index (χ3n) is 1.51. The van der Waals surface area contributed by atoms with E-state index in [1.165, 1.54) is 0 Å². The van der Waals surface area contributed by atoms with Crippen molar-refractivity contribution in [3.63, 3.8) is 0 Å². The van der Waals surface area contributed by atoms with E-state index in [1.54, 1.807) is 0 Å². The molecule has 4 nitrogen and oxygen atoms in total. The van der Waals surface area contributed by atoms with E-state index in [4.69, 9.17) is 4.55 Å². The lowest BCUT2D eigenvalue weighted by Gasteiger charge is -2.04. The number of halogens is 3. The Labute approximate surface area is 89.2 Å². The fourth-order valence-corrected chi connectivity index (χ4v) is 1.17. The van der Waals surface area contributed by atoms with Gasteiger partial charge in [0.05, 0.1) is 5.41 Å². The number of rotatable bonds is 2. The topological polar surface area (TPSA) is 67.3 Å². The summed E-state index contributed by atoms with van der Waals surface area (Å²) in [6, 6.07) is 1.75. The Kier molecular flexibility index (Phi) is 3.34. The van der Waals surface area contributed by atoms with Crippen molar-refractivity contribution in [3.8, 4) is 0 Å². The molecule has 0 fully saturated rings. The van der Waals surface area contributed by atoms with E-state index in [0.717, 1.165) is 18.3 Å². The molecule has 0 aliphatic carbocycles. The first kappa shape index (κ1) is 12.7. The molecule has 0 saturated carbocycles. The molecule has 88 valence electrons. The smallest absolute Gasteiger partial charge is 0.282 e. The molecular weight excluding hydrogens is 247 g/mol. The van der Waals surface area contributed by atoms with E-state index in [0.29, 0.717) is 11.5 Å². The highest BCUT2D eigenvalue weighted by Gasteiger charge is 2.31. The fraction of sp³-hybridized carbons (Fsp3) is 0.125. The Bertz CT molecular complexity index is 490. The molecule has 1 heterocycles. The second-order valence-electron chi connectivity index (χ2n) is 2.79. The van der Waals surface area contributed by atoms with Gasteiger partial charge in [0.15, 0.2) is 0 Å². The van der Waals surface area contributed by atoms with Crippen molar-refractivity contribution in [2.75, 3.05) is 0 Å². The van der Waals surface area contributed by atoms with Crippen LogP contribution in [0, 0.1) is 0 Å². The van der Waals surface area contributed by atoms with Gasteiger partial charge in [0, 0.05) is 6.20 Å². The molecule has 0 aromatic carbocycles. The van der Waals surface area contributed by atoms with Gasteiger partial charge in [-0.25, -0.2) is 0 Å². The molecule has 0 unspecified atom stereocenters. The first-order valence-corrected chi connectivity index (χ1v) is 5.37. The van der Waals surface area contributed by atoms with Crippen molar-refractivity contribution in [2.45, 2.75) is 6.18 Å². The molecular formula is C8H6F3NO3S. The van der Waals surface area contributed by atoms with Crippen molar-refractivity contribution in [1.29, 1.82) is 0 Å². The van der Waals surface area contributed by atoms with Crippen LogP contribution in [0.25, 0.3) is 6.08 Å². The summed E-state index contributed by atoms with van der Waals surface area (Å²) < 4.78 is 65.2. The number of pyridine rings is 1. The maximum Gasteiger partial charge on any atom is 0.433 e. The van der Waals surface area contributed by atoms with Crippen molar-refractivity contribution in [2.24, 2.45) is 0 Å². The first-order chi connectivity index (χ1) is 7.18. The third kappa shape index (κ3) is 3.99. The third-order valence-corrected chi connectivity index (χ3v) is 1.99. The molecule has 0 aliphatic heterocycles. The Morgan fingerprint density at radius 3 is 2.31 bits per heavy atom. The van der Waals surface area contributed by atoms with Crippen molar-refractivity contribution in [1.82, 2.24) is 4.98 Å². The van der Waals surface area contributed by atoms with Gasteiger partial charge in [-0.2, -0.15) is 21.6 Å². The molecule has 0 saturated heterocycles. The van der Waals surface area contributed by atoms with E-state index in [1.807, 2.05) is 0 Å². The number of alkyl halides is 3. The number of nitrogens with zero attached hydrogens (tertiary/aromatic N) is 1. The average molecular weight is 253 g/mol. The highest BCUT2D eigenvalue weighted by atomic mass is 32.2. The minimum absolute atomic E-state index is 0.130. The van der Waals surface area contributed by atoms with Gasteiger partial charge in [-0.05, 0) is 17.7 Å². The Hall–Kier alpha value is -1.41. The first-order valence-electron chi connectivity index (χ1n) is 3.87. The SMILES string of the molecule is O=S(=O)(O)/C=C/c1ccc(C(F)(F)F)nc1. The van der Waals surface area contributed by atoms with Gasteiger partial charge in [-0.15, -0.1) is 0 Å². The molecule has 1 aromatic heterocycles. The van der Waals surface area contributed by atoms with Crippen LogP contribution in [-0.4, -0.2) is 18.0 Å². The summed E-state index contributed by atoms with van der Waals surface area (Å²) in [5.74, 6) is 0. The predicted octanol–water partition coefficient (Wildman–Crippen LogP) is 1.96. The molecule has 0 spiro atoms. The minimum atomic E-state index is -4.54. The fourth-order valence-electron chi connectivity index (χ4n) is 0.836. The minimum Gasteiger partial charge on any atom is -0.282 e. The number of hydrogen-bond donors (Lipinski definition) is 1. The molecule has 0 radical (unpaired) electrons. The van der Waals surface area contributed by atoms with Gasteiger partial charge in [0.2, 0.25) is 0 Å². The lowest BCUT2D eigenvalue weighted by molar-refractivity contribution is -0.141. The molecule has 16 heavy (non-hydrogen) atoms. The summed E-state index contributed by atoms with van der Waals surface area (Å²) in [6.07, 6.45) is -2.75. The maximum absolute atomic E-state index is 12.1. The molecule has 0 bridgehead atoms. The van der Waals surface area contributed by atoms with Crippen LogP contribution < -0.4 is 0 Å². The van der Waals surface area contributed by atoms with Gasteiger partial charge in [0.25, 0.3) is 10.1 Å². The number of hydrogen-bond acceptors (Lipinski definition) is 3. The van der Waals surface area contributed by atoms with Crippen molar-refractivity contribution < 1.29 is 26.1 Å². The summed E-state index contributed by atoms with van der Waals surface area (Å²) in [4.78, 5) is 3.10. The summed E-state index contributed by atoms with van der Waals surface area (Å²) in [7, 11) is -4.29. The van der Waals surface area contributed by atoms with E-state index in [9.17, 15) is 21.6 Å². The average Bonchev–Trinajstić information content (AvgIpc) is 2.13. The van der Waals surface area contributed by atoms with Crippen LogP contribution in [0.4, 0.5) is 13.2 Å². The molecule has 0 atom stereocenters. The molecule has 1 N–H and O–H groups in total. The van der Waals surface area contributed by atoms with Crippen LogP contribution >= 0.6 is 0 Å². The standard InChI is InChI=1S/C8H6F3NO3S/c9-8(10,11)7-2-1-6(5-12-7)3-4-16(13,14)15/h1-5H,(H,13,14,15)/b4-3+. The second-order valence-corrected chi connectivity index (χ2v) is 4.09. The van der Waals surface area contributed by atoms with Crippen molar-refractivity contribution in [3.05, 3.63) is 35.0 Å². The summed E-state index contributed by atoms with van der Waals surface area (Å²) in [5.41, 5.74) is -0.942. The highest BCUT2D eigenvalue weighted by molar-refractivity contribution is 7.88. The van der Waals surface area contributed by atoms with Crippen LogP contribution in [0.1, 0.15) is 11.3 Å². The molecule has 1 aromatic rings. The van der Waals surface area contributed by atoms with Crippen LogP contribution in [0.15, 0.2) is 23.7 Å². The predicted molar refractivity (Wildman–Crippen MR) is 49.8 cm³/mol. The number of aromatic nitrogens is 1. The van der Waals surface area contributed by atoms with Gasteiger partial charge in [0.1, 0.15) is 5.69 Å². The van der Waals surface area contributed by atoms with E-state index in [2.05, 4.69) is 4.98 Å². The van der Waals surface area contributed by atoms with Gasteiger partial charge < -0.3 is 0 Å². The highest BCUT2D eigenvalue weighted by Crippen LogP contribution is 2.27. The molecule has 8 heteroatoms. The van der Waals surface area contributed by atoms with E-state index in [-0.39, 0.29) is 5.56 Å². The van der Waals surface area contributed by atoms with E-state index < -0.39 is 22.0 Å². The zero-order valence-electron chi connectivity index (χ0n) is 7.64. The Balaban J connectivity index is 2.93. The van der Waals surface area contributed by atoms with Gasteiger partial charge in [-0.3, -0.25) is 9.54 Å². The molecule has 0 aliphatic rings. The van der Waals surface area contributed by atoms with Crippen LogP contribution in [0.2, 0.25) is 0 Å². The second kappa shape index (κ2) is 4.22. The summed E-state index contributed by atoms with van der Waals surface area (Å²) in [6.45, 7) is 0. The van der Waals surface area contributed by atoms with Crippen LogP contribution in [-0.2, 0) is 16.3 Å². The molecule has 1 rings (SSSR count). The maximum atomic E-state index is 12.1. The lowest BCUT2D eigenvalue weighted by atomic mass is 10.2. The summed E-state index contributed by atoms with van der Waals surface area (Å²) in [5, 5.41) is 0.456. The van der Waals surface area contributed by atoms with Gasteiger partial charge >= 0.3 is 6.18 Å².